The summed E-state index contributed by atoms with van der Waals surface area (Å²) in [6, 6.07) is 10.9. The summed E-state index contributed by atoms with van der Waals surface area (Å²) in [4.78, 5) is 38.8. The molecule has 9 heteroatoms. The summed E-state index contributed by atoms with van der Waals surface area (Å²) in [7, 11) is 0. The highest BCUT2D eigenvalue weighted by Gasteiger charge is 2.40. The fraction of sp³-hybridized carbons (Fsp3) is 0.517. The van der Waals surface area contributed by atoms with E-state index in [-0.39, 0.29) is 30.4 Å². The first-order chi connectivity index (χ1) is 18.6. The second-order valence-corrected chi connectivity index (χ2v) is 11.5. The summed E-state index contributed by atoms with van der Waals surface area (Å²) in [5, 5.41) is 16.2. The maximum absolute atomic E-state index is 14.1. The van der Waals surface area contributed by atoms with Gasteiger partial charge in [0.05, 0.1) is 29.1 Å². The Kier molecular flexibility index (Phi) is 8.66. The third-order valence-electron chi connectivity index (χ3n) is 7.83. The number of hydrogen-bond acceptors (Lipinski definition) is 7. The average Bonchev–Trinajstić information content (AvgIpc) is 3.62. The molecule has 0 unspecified atom stereocenters. The number of likely N-dealkylation sites (tertiary alicyclic amines) is 1. The minimum atomic E-state index is -0.544. The lowest BCUT2D eigenvalue weighted by Crippen LogP contribution is -2.56. The van der Waals surface area contributed by atoms with Crippen molar-refractivity contribution in [3.63, 3.8) is 0 Å². The molecule has 1 saturated heterocycles. The highest BCUT2D eigenvalue weighted by atomic mass is 32.1. The first-order valence-electron chi connectivity index (χ1n) is 13.8. The molecule has 3 heterocycles. The first kappa shape index (κ1) is 26.7. The summed E-state index contributed by atoms with van der Waals surface area (Å²) in [5.74, 6) is -0.0600. The molecule has 8 nitrogen and oxygen atoms in total. The van der Waals surface area contributed by atoms with Gasteiger partial charge in [-0.25, -0.2) is 4.98 Å². The predicted molar refractivity (Wildman–Crippen MR) is 150 cm³/mol. The number of thiazole rings is 1. The van der Waals surface area contributed by atoms with Gasteiger partial charge >= 0.3 is 0 Å². The zero-order valence-corrected chi connectivity index (χ0v) is 22.8. The molecular weight excluding hydrogens is 498 g/mol. The van der Waals surface area contributed by atoms with Crippen LogP contribution in [0, 0.1) is 5.92 Å². The number of nitrogens with one attached hydrogen (secondary N) is 2. The molecule has 202 valence electrons. The summed E-state index contributed by atoms with van der Waals surface area (Å²) < 4.78 is 1.06. The molecule has 2 fully saturated rings. The van der Waals surface area contributed by atoms with Gasteiger partial charge in [-0.2, -0.15) is 0 Å². The van der Waals surface area contributed by atoms with Crippen molar-refractivity contribution in [1.29, 1.82) is 0 Å². The molecular formula is C29H37N5O3S. The molecule has 1 saturated carbocycles. The van der Waals surface area contributed by atoms with Crippen molar-refractivity contribution < 1.29 is 14.7 Å². The summed E-state index contributed by atoms with van der Waals surface area (Å²) >= 11 is 1.63. The Labute approximate surface area is 227 Å². The van der Waals surface area contributed by atoms with E-state index in [1.54, 1.807) is 18.3 Å². The van der Waals surface area contributed by atoms with Gasteiger partial charge < -0.3 is 20.6 Å². The first-order valence-corrected chi connectivity index (χ1v) is 14.6. The van der Waals surface area contributed by atoms with Crippen LogP contribution in [0.4, 0.5) is 0 Å². The van der Waals surface area contributed by atoms with E-state index < -0.39 is 12.1 Å². The van der Waals surface area contributed by atoms with Crippen LogP contribution in [0.5, 0.6) is 0 Å². The van der Waals surface area contributed by atoms with Crippen LogP contribution in [0.1, 0.15) is 62.9 Å². The van der Waals surface area contributed by atoms with Crippen LogP contribution in [-0.4, -0.2) is 63.6 Å². The van der Waals surface area contributed by atoms with Gasteiger partial charge in [0, 0.05) is 24.8 Å². The molecule has 1 aromatic carbocycles. The molecule has 3 N–H and O–H groups in total. The van der Waals surface area contributed by atoms with Crippen LogP contribution in [0.2, 0.25) is 0 Å². The van der Waals surface area contributed by atoms with E-state index in [1.165, 1.54) is 6.42 Å². The molecule has 0 spiro atoms. The standard InChI is InChI=1S/C29H37N5O3S/c1-19(30-16-18-35)27(36)32-25(21-11-6-3-7-12-21)29(37)34-17-8-13-22(34)28-33-26-23(38-28)14-15-31-24(26)20-9-4-2-5-10-20/h2,4-5,9-10,14-15,19,21-22,25,30,35H,3,6-8,11-13,16-18H2,1H3,(H,32,36)/t19-,22-,25-/m0/s1. The number of benzene rings is 1. The van der Waals surface area contributed by atoms with Crippen molar-refractivity contribution in [2.45, 2.75) is 70.0 Å². The molecule has 3 atom stereocenters. The fourth-order valence-electron chi connectivity index (χ4n) is 5.79. The predicted octanol–water partition coefficient (Wildman–Crippen LogP) is 4.06. The molecule has 0 bridgehead atoms. The van der Waals surface area contributed by atoms with Crippen molar-refractivity contribution in [2.24, 2.45) is 5.92 Å². The van der Waals surface area contributed by atoms with Gasteiger partial charge in [0.1, 0.15) is 16.6 Å². The number of carbonyl (C=O) groups is 2. The Bertz CT molecular complexity index is 1240. The second kappa shape index (κ2) is 12.3. The summed E-state index contributed by atoms with van der Waals surface area (Å²) in [6.45, 7) is 2.73. The molecule has 3 aromatic rings. The van der Waals surface area contributed by atoms with E-state index in [1.807, 2.05) is 47.5 Å². The number of aromatic nitrogens is 2. The van der Waals surface area contributed by atoms with Crippen LogP contribution >= 0.6 is 11.3 Å². The van der Waals surface area contributed by atoms with Crippen LogP contribution in [-0.2, 0) is 9.59 Å². The Morgan fingerprint density at radius 2 is 1.89 bits per heavy atom. The highest BCUT2D eigenvalue weighted by molar-refractivity contribution is 7.18. The molecule has 2 aromatic heterocycles. The summed E-state index contributed by atoms with van der Waals surface area (Å²) in [6.07, 6.45) is 8.83. The monoisotopic (exact) mass is 535 g/mol. The SMILES string of the molecule is C[C@H](NCCO)C(=O)N[C@H](C(=O)N1CCC[C@H]1c1nc2c(-c3ccccc3)nccc2s1)C1CCCCC1. The number of amides is 2. The Balaban J connectivity index is 1.40. The minimum Gasteiger partial charge on any atom is -0.395 e. The van der Waals surface area contributed by atoms with E-state index >= 15 is 0 Å². The molecule has 1 aliphatic heterocycles. The van der Waals surface area contributed by atoms with Gasteiger partial charge in [-0.1, -0.05) is 49.6 Å². The van der Waals surface area contributed by atoms with E-state index in [2.05, 4.69) is 15.6 Å². The van der Waals surface area contributed by atoms with Gasteiger partial charge in [-0.15, -0.1) is 11.3 Å². The van der Waals surface area contributed by atoms with Crippen molar-refractivity contribution in [1.82, 2.24) is 25.5 Å². The van der Waals surface area contributed by atoms with Crippen LogP contribution in [0.3, 0.4) is 0 Å². The van der Waals surface area contributed by atoms with Crippen molar-refractivity contribution in [3.8, 4) is 11.3 Å². The Morgan fingerprint density at radius 3 is 2.66 bits per heavy atom. The molecule has 5 rings (SSSR count). The molecule has 2 aliphatic rings. The Hall–Kier alpha value is -2.88. The van der Waals surface area contributed by atoms with Gasteiger partial charge in [0.25, 0.3) is 0 Å². The topological polar surface area (TPSA) is 107 Å². The van der Waals surface area contributed by atoms with Crippen molar-refractivity contribution in [2.75, 3.05) is 19.7 Å². The molecule has 2 amide bonds. The maximum atomic E-state index is 14.1. The number of aliphatic hydroxyl groups is 1. The summed E-state index contributed by atoms with van der Waals surface area (Å²) in [5.41, 5.74) is 2.76. The molecule has 0 radical (unpaired) electrons. The normalized spacial score (nSPS) is 19.9. The quantitative estimate of drug-likeness (QED) is 0.382. The van der Waals surface area contributed by atoms with E-state index in [0.717, 1.165) is 65.0 Å². The molecule has 1 aliphatic carbocycles. The third kappa shape index (κ3) is 5.75. The van der Waals surface area contributed by atoms with E-state index in [0.29, 0.717) is 13.1 Å². The lowest BCUT2D eigenvalue weighted by molar-refractivity contribution is -0.139. The van der Waals surface area contributed by atoms with Crippen LogP contribution in [0.25, 0.3) is 21.5 Å². The largest absolute Gasteiger partial charge is 0.395 e. The van der Waals surface area contributed by atoms with Gasteiger partial charge in [-0.3, -0.25) is 14.6 Å². The highest BCUT2D eigenvalue weighted by Crippen LogP contribution is 2.39. The van der Waals surface area contributed by atoms with Crippen LogP contribution in [0.15, 0.2) is 42.6 Å². The number of fused-ring (bicyclic) bond motifs is 1. The van der Waals surface area contributed by atoms with Gasteiger partial charge in [-0.05, 0) is 44.6 Å². The van der Waals surface area contributed by atoms with Gasteiger partial charge in [0.15, 0.2) is 0 Å². The van der Waals surface area contributed by atoms with Gasteiger partial charge in [0.2, 0.25) is 11.8 Å². The smallest absolute Gasteiger partial charge is 0.246 e. The number of carbonyl (C=O) groups excluding carboxylic acids is 2. The fourth-order valence-corrected chi connectivity index (χ4v) is 6.90. The number of aliphatic hydroxyl groups excluding tert-OH is 1. The number of nitrogens with zero attached hydrogens (tertiary/aromatic N) is 3. The second-order valence-electron chi connectivity index (χ2n) is 10.4. The lowest BCUT2D eigenvalue weighted by Gasteiger charge is -2.35. The van der Waals surface area contributed by atoms with Crippen LogP contribution < -0.4 is 10.6 Å². The number of hydrogen-bond donors (Lipinski definition) is 3. The number of rotatable bonds is 9. The Morgan fingerprint density at radius 1 is 1.11 bits per heavy atom. The zero-order valence-electron chi connectivity index (χ0n) is 21.9. The zero-order chi connectivity index (χ0) is 26.5. The minimum absolute atomic E-state index is 0.00257. The molecule has 38 heavy (non-hydrogen) atoms. The lowest BCUT2D eigenvalue weighted by atomic mass is 9.83. The third-order valence-corrected chi connectivity index (χ3v) is 8.95. The number of pyridine rings is 1. The van der Waals surface area contributed by atoms with E-state index in [4.69, 9.17) is 10.1 Å². The van der Waals surface area contributed by atoms with Crippen molar-refractivity contribution in [3.05, 3.63) is 47.6 Å². The van der Waals surface area contributed by atoms with Crippen molar-refractivity contribution >= 4 is 33.4 Å². The maximum Gasteiger partial charge on any atom is 0.246 e. The van der Waals surface area contributed by atoms with E-state index in [9.17, 15) is 9.59 Å². The average molecular weight is 536 g/mol.